The average molecular weight is 305 g/mol. The summed E-state index contributed by atoms with van der Waals surface area (Å²) in [6, 6.07) is 0. The molecule has 0 radical (unpaired) electrons. The first-order chi connectivity index (χ1) is 9.95. The number of carbonyl (C=O) groups is 1. The van der Waals surface area contributed by atoms with E-state index >= 15 is 0 Å². The van der Waals surface area contributed by atoms with Crippen molar-refractivity contribution < 1.29 is 4.79 Å². The summed E-state index contributed by atoms with van der Waals surface area (Å²) >= 11 is 1.45. The molecule has 21 heavy (non-hydrogen) atoms. The molecule has 3 rings (SSSR count). The maximum Gasteiger partial charge on any atom is 0.271 e. The summed E-state index contributed by atoms with van der Waals surface area (Å²) < 4.78 is 1.48. The Morgan fingerprint density at radius 3 is 2.67 bits per heavy atom. The number of rotatable bonds is 1. The molecule has 0 bridgehead atoms. The number of fused-ring (bicyclic) bond motifs is 1. The molecule has 2 aromatic rings. The van der Waals surface area contributed by atoms with Crippen molar-refractivity contribution in [3.8, 4) is 0 Å². The van der Waals surface area contributed by atoms with E-state index in [0.29, 0.717) is 29.9 Å². The lowest BCUT2D eigenvalue weighted by atomic mass is 9.91. The van der Waals surface area contributed by atoms with E-state index in [2.05, 4.69) is 18.8 Å². The van der Waals surface area contributed by atoms with E-state index in [1.807, 2.05) is 6.92 Å². The molecule has 6 heteroatoms. The zero-order valence-electron chi connectivity index (χ0n) is 12.5. The Morgan fingerprint density at radius 2 is 2.00 bits per heavy atom. The lowest BCUT2D eigenvalue weighted by Gasteiger charge is -2.34. The Labute approximate surface area is 127 Å². The monoisotopic (exact) mass is 305 g/mol. The second-order valence-electron chi connectivity index (χ2n) is 6.13. The highest BCUT2D eigenvalue weighted by molar-refractivity contribution is 7.16. The van der Waals surface area contributed by atoms with E-state index in [1.54, 1.807) is 11.1 Å². The summed E-state index contributed by atoms with van der Waals surface area (Å²) in [5.74, 6) is 0.755. The lowest BCUT2D eigenvalue weighted by molar-refractivity contribution is 0.0620. The second-order valence-corrected chi connectivity index (χ2v) is 7.34. The van der Waals surface area contributed by atoms with E-state index in [4.69, 9.17) is 0 Å². The Morgan fingerprint density at radius 1 is 1.33 bits per heavy atom. The van der Waals surface area contributed by atoms with Crippen LogP contribution in [0.3, 0.4) is 0 Å². The number of aromatic nitrogens is 2. The molecule has 1 fully saturated rings. The lowest BCUT2D eigenvalue weighted by Crippen LogP contribution is -2.44. The van der Waals surface area contributed by atoms with Crippen LogP contribution >= 0.6 is 11.3 Å². The van der Waals surface area contributed by atoms with Crippen LogP contribution in [-0.4, -0.2) is 33.3 Å². The molecule has 5 nitrogen and oxygen atoms in total. The van der Waals surface area contributed by atoms with Crippen LogP contribution in [0.15, 0.2) is 17.2 Å². The first kappa shape index (κ1) is 14.3. The fraction of sp³-hybridized carbons (Fsp3) is 0.533. The van der Waals surface area contributed by atoms with Gasteiger partial charge >= 0.3 is 0 Å². The van der Waals surface area contributed by atoms with Crippen molar-refractivity contribution in [1.82, 2.24) is 14.3 Å². The van der Waals surface area contributed by atoms with Crippen molar-refractivity contribution in [2.45, 2.75) is 27.2 Å². The molecule has 3 heterocycles. The Kier molecular flexibility index (Phi) is 3.57. The van der Waals surface area contributed by atoms with Gasteiger partial charge in [-0.2, -0.15) is 0 Å². The summed E-state index contributed by atoms with van der Waals surface area (Å²) in [6.45, 7) is 7.65. The fourth-order valence-corrected chi connectivity index (χ4v) is 3.93. The maximum atomic E-state index is 12.6. The van der Waals surface area contributed by atoms with E-state index in [9.17, 15) is 9.59 Å². The van der Waals surface area contributed by atoms with Crippen molar-refractivity contribution >= 4 is 22.2 Å². The number of carbonyl (C=O) groups excluding carboxylic acids is 1. The minimum Gasteiger partial charge on any atom is -0.338 e. The van der Waals surface area contributed by atoms with Gasteiger partial charge in [0.15, 0.2) is 4.96 Å². The van der Waals surface area contributed by atoms with Gasteiger partial charge in [-0.3, -0.25) is 14.0 Å². The number of thiazole rings is 1. The van der Waals surface area contributed by atoms with Gasteiger partial charge in [0.1, 0.15) is 5.56 Å². The molecule has 0 aromatic carbocycles. The number of nitrogens with zero attached hydrogens (tertiary/aromatic N) is 3. The molecular weight excluding hydrogens is 286 g/mol. The Hall–Kier alpha value is -1.69. The van der Waals surface area contributed by atoms with Gasteiger partial charge in [-0.25, -0.2) is 4.98 Å². The second kappa shape index (κ2) is 5.26. The van der Waals surface area contributed by atoms with Crippen molar-refractivity contribution in [1.29, 1.82) is 0 Å². The van der Waals surface area contributed by atoms with Gasteiger partial charge in [0.25, 0.3) is 11.5 Å². The zero-order chi connectivity index (χ0) is 15.1. The van der Waals surface area contributed by atoms with Gasteiger partial charge in [0.2, 0.25) is 0 Å². The molecule has 0 N–H and O–H groups in total. The third-order valence-corrected chi connectivity index (χ3v) is 4.82. The van der Waals surface area contributed by atoms with E-state index < -0.39 is 0 Å². The highest BCUT2D eigenvalue weighted by Gasteiger charge is 2.28. The minimum absolute atomic E-state index is 0.173. The van der Waals surface area contributed by atoms with E-state index in [1.165, 1.54) is 21.9 Å². The summed E-state index contributed by atoms with van der Waals surface area (Å²) in [5.41, 5.74) is -0.0909. The van der Waals surface area contributed by atoms with Gasteiger partial charge < -0.3 is 4.90 Å². The predicted molar refractivity (Wildman–Crippen MR) is 82.9 cm³/mol. The maximum absolute atomic E-state index is 12.6. The molecule has 2 atom stereocenters. The quantitative estimate of drug-likeness (QED) is 0.811. The van der Waals surface area contributed by atoms with Crippen molar-refractivity contribution in [2.24, 2.45) is 11.8 Å². The summed E-state index contributed by atoms with van der Waals surface area (Å²) in [6.07, 6.45) is 4.30. The van der Waals surface area contributed by atoms with Crippen LogP contribution in [0.5, 0.6) is 0 Å². The zero-order valence-corrected chi connectivity index (χ0v) is 13.3. The number of hydrogen-bond acceptors (Lipinski definition) is 4. The Bertz CT molecular complexity index is 739. The molecule has 0 saturated carbocycles. The first-order valence-corrected chi connectivity index (χ1v) is 8.04. The number of aryl methyl sites for hydroxylation is 1. The van der Waals surface area contributed by atoms with Gasteiger partial charge in [-0.05, 0) is 25.2 Å². The molecule has 0 aliphatic carbocycles. The third kappa shape index (κ3) is 2.60. The van der Waals surface area contributed by atoms with Gasteiger partial charge in [0, 0.05) is 30.4 Å². The number of hydrogen-bond donors (Lipinski definition) is 0. The summed E-state index contributed by atoms with van der Waals surface area (Å²) in [5, 5.41) is 0. The molecule has 1 aliphatic heterocycles. The standard InChI is InChI=1S/C15H19N3O2S/c1-9-4-10(2)7-17(6-9)13(19)12-5-16-15-18(14(12)20)8-11(3)21-15/h5,8-10H,4,6-7H2,1-3H3. The van der Waals surface area contributed by atoms with E-state index in [-0.39, 0.29) is 17.0 Å². The number of piperidine rings is 1. The molecule has 0 spiro atoms. The van der Waals surface area contributed by atoms with Crippen LogP contribution in [0.4, 0.5) is 0 Å². The molecule has 1 saturated heterocycles. The average Bonchev–Trinajstić information content (AvgIpc) is 2.79. The van der Waals surface area contributed by atoms with Crippen LogP contribution in [0.1, 0.15) is 35.5 Å². The van der Waals surface area contributed by atoms with Gasteiger partial charge in [0.05, 0.1) is 0 Å². The normalized spacial score (nSPS) is 22.7. The summed E-state index contributed by atoms with van der Waals surface area (Å²) in [7, 11) is 0. The molecule has 1 aliphatic rings. The highest BCUT2D eigenvalue weighted by atomic mass is 32.1. The van der Waals surface area contributed by atoms with Crippen LogP contribution in [-0.2, 0) is 0 Å². The molecule has 2 unspecified atom stereocenters. The smallest absolute Gasteiger partial charge is 0.271 e. The summed E-state index contributed by atoms with van der Waals surface area (Å²) in [4.78, 5) is 32.8. The van der Waals surface area contributed by atoms with Crippen LogP contribution in [0, 0.1) is 18.8 Å². The molecule has 1 amide bonds. The largest absolute Gasteiger partial charge is 0.338 e. The number of amides is 1. The van der Waals surface area contributed by atoms with E-state index in [0.717, 1.165) is 11.3 Å². The SMILES string of the molecule is Cc1cn2c(=O)c(C(=O)N3CC(C)CC(C)C3)cnc2s1. The van der Waals surface area contributed by atoms with Crippen LogP contribution < -0.4 is 5.56 Å². The predicted octanol–water partition coefficient (Wildman–Crippen LogP) is 2.18. The minimum atomic E-state index is -0.264. The fourth-order valence-electron chi connectivity index (χ4n) is 3.14. The van der Waals surface area contributed by atoms with Crippen molar-refractivity contribution in [3.63, 3.8) is 0 Å². The van der Waals surface area contributed by atoms with Gasteiger partial charge in [-0.1, -0.05) is 13.8 Å². The third-order valence-electron chi connectivity index (χ3n) is 3.91. The first-order valence-electron chi connectivity index (χ1n) is 7.22. The molecule has 2 aromatic heterocycles. The topological polar surface area (TPSA) is 54.7 Å². The molecular formula is C15H19N3O2S. The van der Waals surface area contributed by atoms with Crippen molar-refractivity contribution in [3.05, 3.63) is 33.2 Å². The van der Waals surface area contributed by atoms with Crippen LogP contribution in [0.25, 0.3) is 4.96 Å². The highest BCUT2D eigenvalue weighted by Crippen LogP contribution is 2.22. The number of likely N-dealkylation sites (tertiary alicyclic amines) is 1. The Balaban J connectivity index is 1.98. The molecule has 112 valence electrons. The van der Waals surface area contributed by atoms with Gasteiger partial charge in [-0.15, -0.1) is 11.3 Å². The van der Waals surface area contributed by atoms with Crippen molar-refractivity contribution in [2.75, 3.05) is 13.1 Å². The van der Waals surface area contributed by atoms with Crippen LogP contribution in [0.2, 0.25) is 0 Å².